The zero-order chi connectivity index (χ0) is 22.9. The van der Waals surface area contributed by atoms with Crippen molar-refractivity contribution in [2.45, 2.75) is 37.9 Å². The highest BCUT2D eigenvalue weighted by Gasteiger charge is 2.27. The van der Waals surface area contributed by atoms with Crippen LogP contribution < -0.4 is 10.6 Å². The molecule has 3 aromatic carbocycles. The summed E-state index contributed by atoms with van der Waals surface area (Å²) < 4.78 is 5.98. The SMILES string of the molecule is O=C(NC1CCc2ccccc21)C(Cc1c[nH]c2ccccc12)NCc1cc2ccccc2o1. The Hall–Kier alpha value is -3.83. The lowest BCUT2D eigenvalue weighted by molar-refractivity contribution is -0.124. The molecular weight excluding hydrogens is 422 g/mol. The molecule has 0 saturated heterocycles. The first kappa shape index (κ1) is 20.8. The highest BCUT2D eigenvalue weighted by Crippen LogP contribution is 2.31. The third-order valence-electron chi connectivity index (χ3n) is 6.86. The van der Waals surface area contributed by atoms with Crippen LogP contribution in [0.25, 0.3) is 21.9 Å². The van der Waals surface area contributed by atoms with Crippen molar-refractivity contribution in [3.8, 4) is 0 Å². The van der Waals surface area contributed by atoms with Gasteiger partial charge in [0.15, 0.2) is 0 Å². The molecule has 3 N–H and O–H groups in total. The summed E-state index contributed by atoms with van der Waals surface area (Å²) in [4.78, 5) is 16.9. The summed E-state index contributed by atoms with van der Waals surface area (Å²) in [5.41, 5.74) is 5.63. The average Bonchev–Trinajstić information content (AvgIpc) is 3.58. The Bertz CT molecular complexity index is 1430. The van der Waals surface area contributed by atoms with E-state index in [0.717, 1.165) is 46.0 Å². The lowest BCUT2D eigenvalue weighted by Crippen LogP contribution is -2.46. The Morgan fingerprint density at radius 2 is 1.85 bits per heavy atom. The number of hydrogen-bond donors (Lipinski definition) is 3. The first-order valence-electron chi connectivity index (χ1n) is 11.9. The number of nitrogens with one attached hydrogen (secondary N) is 3. The highest BCUT2D eigenvalue weighted by atomic mass is 16.3. The van der Waals surface area contributed by atoms with Crippen LogP contribution in [0.1, 0.15) is 34.9 Å². The van der Waals surface area contributed by atoms with Crippen LogP contribution in [0.2, 0.25) is 0 Å². The molecular formula is C29H27N3O2. The Morgan fingerprint density at radius 3 is 2.79 bits per heavy atom. The molecule has 1 amide bonds. The van der Waals surface area contributed by atoms with Gasteiger partial charge >= 0.3 is 0 Å². The van der Waals surface area contributed by atoms with Crippen molar-refractivity contribution < 1.29 is 9.21 Å². The van der Waals surface area contributed by atoms with Crippen LogP contribution in [-0.4, -0.2) is 16.9 Å². The van der Waals surface area contributed by atoms with Gasteiger partial charge in [-0.3, -0.25) is 10.1 Å². The summed E-state index contributed by atoms with van der Waals surface area (Å²) in [6.07, 6.45) is 4.54. The third kappa shape index (κ3) is 3.99. The van der Waals surface area contributed by atoms with Crippen molar-refractivity contribution in [3.05, 3.63) is 108 Å². The molecule has 34 heavy (non-hydrogen) atoms. The molecule has 0 aliphatic heterocycles. The molecule has 5 heteroatoms. The van der Waals surface area contributed by atoms with E-state index < -0.39 is 0 Å². The lowest BCUT2D eigenvalue weighted by atomic mass is 10.0. The van der Waals surface area contributed by atoms with E-state index >= 15 is 0 Å². The van der Waals surface area contributed by atoms with Gasteiger partial charge in [-0.2, -0.15) is 0 Å². The summed E-state index contributed by atoms with van der Waals surface area (Å²) in [5, 5.41) is 9.01. The molecule has 2 unspecified atom stereocenters. The van der Waals surface area contributed by atoms with Gasteiger partial charge in [0.1, 0.15) is 11.3 Å². The van der Waals surface area contributed by atoms with Crippen molar-refractivity contribution in [2.24, 2.45) is 0 Å². The maximum atomic E-state index is 13.6. The number of carbonyl (C=O) groups is 1. The van der Waals surface area contributed by atoms with E-state index in [0.29, 0.717) is 13.0 Å². The average molecular weight is 450 g/mol. The fourth-order valence-corrected chi connectivity index (χ4v) is 5.11. The first-order valence-corrected chi connectivity index (χ1v) is 11.9. The van der Waals surface area contributed by atoms with Crippen molar-refractivity contribution in [3.63, 3.8) is 0 Å². The number of rotatable bonds is 7. The molecule has 5 aromatic rings. The molecule has 2 heterocycles. The number of amides is 1. The van der Waals surface area contributed by atoms with Crippen molar-refractivity contribution in [1.29, 1.82) is 0 Å². The normalized spacial score (nSPS) is 16.1. The maximum Gasteiger partial charge on any atom is 0.237 e. The molecule has 6 rings (SSSR count). The molecule has 0 saturated carbocycles. The van der Waals surface area contributed by atoms with Crippen molar-refractivity contribution in [2.75, 3.05) is 0 Å². The number of furan rings is 1. The Labute approximate surface area is 198 Å². The number of fused-ring (bicyclic) bond motifs is 3. The van der Waals surface area contributed by atoms with Crippen LogP contribution in [0, 0.1) is 0 Å². The number of aromatic amines is 1. The standard InChI is InChI=1S/C29H27N3O2/c33-29(32-26-14-13-19-7-1-3-9-23(19)26)27(16-21-17-30-25-11-5-4-10-24(21)25)31-18-22-15-20-8-2-6-12-28(20)34-22/h1-12,15,17,26-27,30-31H,13-14,16,18H2,(H,32,33). The third-order valence-corrected chi connectivity index (χ3v) is 6.86. The van der Waals surface area contributed by atoms with E-state index in [1.165, 1.54) is 11.1 Å². The van der Waals surface area contributed by atoms with Gasteiger partial charge in [-0.25, -0.2) is 0 Å². The molecule has 1 aliphatic rings. The minimum atomic E-state index is -0.389. The van der Waals surface area contributed by atoms with Crippen LogP contribution in [0.4, 0.5) is 0 Å². The Kier molecular flexibility index (Phi) is 5.40. The molecule has 0 bridgehead atoms. The Balaban J connectivity index is 1.24. The second-order valence-electron chi connectivity index (χ2n) is 9.05. The molecule has 0 radical (unpaired) electrons. The second-order valence-corrected chi connectivity index (χ2v) is 9.05. The predicted octanol–water partition coefficient (Wildman–Crippen LogP) is 5.42. The highest BCUT2D eigenvalue weighted by molar-refractivity contribution is 5.86. The number of carbonyl (C=O) groups excluding carboxylic acids is 1. The number of benzene rings is 3. The van der Waals surface area contributed by atoms with Gasteiger partial charge in [0.25, 0.3) is 0 Å². The molecule has 5 nitrogen and oxygen atoms in total. The molecule has 2 atom stereocenters. The second kappa shape index (κ2) is 8.84. The summed E-state index contributed by atoms with van der Waals surface area (Å²) in [5.74, 6) is 0.840. The van der Waals surface area contributed by atoms with Gasteiger partial charge in [0.05, 0.1) is 18.6 Å². The largest absolute Gasteiger partial charge is 0.460 e. The number of aromatic nitrogens is 1. The fraction of sp³-hybridized carbons (Fsp3) is 0.207. The molecule has 2 aromatic heterocycles. The molecule has 170 valence electrons. The molecule has 0 fully saturated rings. The van der Waals surface area contributed by atoms with Gasteiger partial charge in [0.2, 0.25) is 5.91 Å². The quantitative estimate of drug-likeness (QED) is 0.311. The van der Waals surface area contributed by atoms with Gasteiger partial charge in [-0.15, -0.1) is 0 Å². The molecule has 0 spiro atoms. The summed E-state index contributed by atoms with van der Waals surface area (Å²) in [6, 6.07) is 26.3. The van der Waals surface area contributed by atoms with E-state index in [1.54, 1.807) is 0 Å². The van der Waals surface area contributed by atoms with Crippen LogP contribution in [-0.2, 0) is 24.2 Å². The van der Waals surface area contributed by atoms with E-state index in [9.17, 15) is 4.79 Å². The Morgan fingerprint density at radius 1 is 1.03 bits per heavy atom. The smallest absolute Gasteiger partial charge is 0.237 e. The first-order chi connectivity index (χ1) is 16.7. The van der Waals surface area contributed by atoms with Gasteiger partial charge in [-0.05, 0) is 54.2 Å². The number of hydrogen-bond acceptors (Lipinski definition) is 3. The number of H-pyrrole nitrogens is 1. The van der Waals surface area contributed by atoms with Crippen LogP contribution in [0.3, 0.4) is 0 Å². The van der Waals surface area contributed by atoms with Gasteiger partial charge in [0, 0.05) is 22.5 Å². The van der Waals surface area contributed by atoms with E-state index in [1.807, 2.05) is 54.7 Å². The fourth-order valence-electron chi connectivity index (χ4n) is 5.11. The maximum absolute atomic E-state index is 13.6. The van der Waals surface area contributed by atoms with Gasteiger partial charge in [-0.1, -0.05) is 60.7 Å². The number of para-hydroxylation sites is 2. The number of aryl methyl sites for hydroxylation is 1. The lowest BCUT2D eigenvalue weighted by Gasteiger charge is -2.21. The molecule has 1 aliphatic carbocycles. The zero-order valence-electron chi connectivity index (χ0n) is 18.9. The summed E-state index contributed by atoms with van der Waals surface area (Å²) in [7, 11) is 0. The van der Waals surface area contributed by atoms with Crippen molar-refractivity contribution in [1.82, 2.24) is 15.6 Å². The minimum absolute atomic E-state index is 0.0168. The van der Waals surface area contributed by atoms with E-state index in [4.69, 9.17) is 4.42 Å². The summed E-state index contributed by atoms with van der Waals surface area (Å²) >= 11 is 0. The minimum Gasteiger partial charge on any atom is -0.460 e. The monoisotopic (exact) mass is 449 g/mol. The van der Waals surface area contributed by atoms with Crippen LogP contribution >= 0.6 is 0 Å². The predicted molar refractivity (Wildman–Crippen MR) is 134 cm³/mol. The topological polar surface area (TPSA) is 70.1 Å². The van der Waals surface area contributed by atoms with Crippen LogP contribution in [0.15, 0.2) is 89.5 Å². The van der Waals surface area contributed by atoms with E-state index in [2.05, 4.69) is 45.9 Å². The van der Waals surface area contributed by atoms with Crippen molar-refractivity contribution >= 4 is 27.8 Å². The zero-order valence-corrected chi connectivity index (χ0v) is 18.9. The van der Waals surface area contributed by atoms with E-state index in [-0.39, 0.29) is 18.0 Å². The summed E-state index contributed by atoms with van der Waals surface area (Å²) in [6.45, 7) is 0.483. The van der Waals surface area contributed by atoms with Crippen LogP contribution in [0.5, 0.6) is 0 Å². The van der Waals surface area contributed by atoms with Gasteiger partial charge < -0.3 is 14.7 Å².